The minimum Gasteiger partial charge on any atom is -0.463 e. The Balaban J connectivity index is 1.80. The second-order valence-electron chi connectivity index (χ2n) is 5.53. The number of nitrogens with zero attached hydrogens (tertiary/aromatic N) is 1. The van der Waals surface area contributed by atoms with Crippen molar-refractivity contribution in [3.63, 3.8) is 0 Å². The molecule has 0 spiro atoms. The first-order valence-electron chi connectivity index (χ1n) is 7.82. The van der Waals surface area contributed by atoms with E-state index in [9.17, 15) is 4.79 Å². The fourth-order valence-electron chi connectivity index (χ4n) is 2.74. The molecule has 0 radical (unpaired) electrons. The minimum atomic E-state index is -0.148. The van der Waals surface area contributed by atoms with Gasteiger partial charge in [-0.1, -0.05) is 35.9 Å². The Bertz CT molecular complexity index is 483. The number of rotatable bonds is 5. The molecule has 2 rings (SSSR count). The van der Waals surface area contributed by atoms with E-state index >= 15 is 0 Å². The lowest BCUT2D eigenvalue weighted by Crippen LogP contribution is -2.33. The van der Waals surface area contributed by atoms with Crippen molar-refractivity contribution in [1.29, 1.82) is 0 Å². The van der Waals surface area contributed by atoms with Crippen LogP contribution in [0.5, 0.6) is 0 Å². The van der Waals surface area contributed by atoms with Crippen molar-refractivity contribution in [2.75, 3.05) is 26.2 Å². The summed E-state index contributed by atoms with van der Waals surface area (Å²) in [5.74, 6) is -0.148. The van der Waals surface area contributed by atoms with Gasteiger partial charge in [0.25, 0.3) is 0 Å². The number of ether oxygens (including phenoxy) is 1. The highest BCUT2D eigenvalue weighted by Crippen LogP contribution is 2.21. The van der Waals surface area contributed by atoms with E-state index in [4.69, 9.17) is 4.74 Å². The third kappa shape index (κ3) is 4.71. The summed E-state index contributed by atoms with van der Waals surface area (Å²) in [6, 6.07) is 10.6. The molecule has 1 saturated heterocycles. The summed E-state index contributed by atoms with van der Waals surface area (Å²) >= 11 is 0. The van der Waals surface area contributed by atoms with Gasteiger partial charge in [0.1, 0.15) is 0 Å². The molecule has 3 nitrogen and oxygen atoms in total. The summed E-state index contributed by atoms with van der Waals surface area (Å²) in [4.78, 5) is 14.2. The standard InChI is InChI=1S/C18H25NO2/c1-3-21-18(20)15(2)17-10-13-19(14-11-17)12-9-16-7-5-4-6-8-16/h4-8H,3,9-14H2,1-2H3. The first-order valence-corrected chi connectivity index (χ1v) is 7.82. The Kier molecular flexibility index (Phi) is 6.00. The van der Waals surface area contributed by atoms with Crippen LogP contribution in [0.1, 0.15) is 32.3 Å². The average molecular weight is 287 g/mol. The van der Waals surface area contributed by atoms with Crippen molar-refractivity contribution in [1.82, 2.24) is 4.90 Å². The van der Waals surface area contributed by atoms with Crippen LogP contribution < -0.4 is 0 Å². The SMILES string of the molecule is CCOC(=O)C(C)=C1CCN(CCc2ccccc2)CC1. The molecule has 0 bridgehead atoms. The van der Waals surface area contributed by atoms with E-state index in [0.717, 1.165) is 44.5 Å². The second kappa shape index (κ2) is 7.99. The molecule has 1 fully saturated rings. The zero-order valence-electron chi connectivity index (χ0n) is 13.1. The molecule has 0 amide bonds. The van der Waals surface area contributed by atoms with E-state index in [2.05, 4.69) is 35.2 Å². The molecule has 0 N–H and O–H groups in total. The fraction of sp³-hybridized carbons (Fsp3) is 0.500. The maximum Gasteiger partial charge on any atom is 0.333 e. The first kappa shape index (κ1) is 15.8. The van der Waals surface area contributed by atoms with Crippen LogP contribution in [-0.2, 0) is 16.0 Å². The molecule has 0 aliphatic carbocycles. The minimum absolute atomic E-state index is 0.148. The van der Waals surface area contributed by atoms with E-state index < -0.39 is 0 Å². The van der Waals surface area contributed by atoms with E-state index in [1.165, 1.54) is 11.1 Å². The van der Waals surface area contributed by atoms with Gasteiger partial charge in [-0.05, 0) is 38.7 Å². The van der Waals surface area contributed by atoms with Crippen molar-refractivity contribution < 1.29 is 9.53 Å². The molecule has 114 valence electrons. The van der Waals surface area contributed by atoms with Gasteiger partial charge in [0.15, 0.2) is 0 Å². The Hall–Kier alpha value is -1.61. The summed E-state index contributed by atoms with van der Waals surface area (Å²) in [7, 11) is 0. The molecular weight excluding hydrogens is 262 g/mol. The predicted molar refractivity (Wildman–Crippen MR) is 85.2 cm³/mol. The van der Waals surface area contributed by atoms with Gasteiger partial charge in [-0.3, -0.25) is 0 Å². The van der Waals surface area contributed by atoms with E-state index in [-0.39, 0.29) is 5.97 Å². The van der Waals surface area contributed by atoms with Crippen molar-refractivity contribution in [3.8, 4) is 0 Å². The summed E-state index contributed by atoms with van der Waals surface area (Å²) in [5, 5.41) is 0. The van der Waals surface area contributed by atoms with Crippen LogP contribution in [0.3, 0.4) is 0 Å². The van der Waals surface area contributed by atoms with Crippen LogP contribution in [-0.4, -0.2) is 37.1 Å². The number of hydrogen-bond acceptors (Lipinski definition) is 3. The normalized spacial score (nSPS) is 15.8. The lowest BCUT2D eigenvalue weighted by atomic mass is 9.98. The van der Waals surface area contributed by atoms with Gasteiger partial charge in [0.2, 0.25) is 0 Å². The zero-order valence-corrected chi connectivity index (χ0v) is 13.1. The number of carbonyl (C=O) groups excluding carboxylic acids is 1. The Labute approximate surface area is 127 Å². The highest BCUT2D eigenvalue weighted by Gasteiger charge is 2.18. The number of hydrogen-bond donors (Lipinski definition) is 0. The van der Waals surface area contributed by atoms with Crippen LogP contribution in [0.4, 0.5) is 0 Å². The third-order valence-corrected chi connectivity index (χ3v) is 4.13. The fourth-order valence-corrected chi connectivity index (χ4v) is 2.74. The quantitative estimate of drug-likeness (QED) is 0.615. The maximum absolute atomic E-state index is 11.7. The molecular formula is C18H25NO2. The number of carbonyl (C=O) groups is 1. The molecule has 3 heteroatoms. The number of likely N-dealkylation sites (tertiary alicyclic amines) is 1. The Morgan fingerprint density at radius 1 is 1.19 bits per heavy atom. The van der Waals surface area contributed by atoms with Gasteiger partial charge in [0.05, 0.1) is 6.61 Å². The van der Waals surface area contributed by atoms with E-state index in [1.54, 1.807) is 0 Å². The van der Waals surface area contributed by atoms with E-state index in [0.29, 0.717) is 6.61 Å². The largest absolute Gasteiger partial charge is 0.463 e. The molecule has 21 heavy (non-hydrogen) atoms. The summed E-state index contributed by atoms with van der Waals surface area (Å²) in [6.45, 7) is 7.37. The van der Waals surface area contributed by atoms with Crippen LogP contribution >= 0.6 is 0 Å². The highest BCUT2D eigenvalue weighted by molar-refractivity contribution is 5.88. The average Bonchev–Trinajstić information content (AvgIpc) is 2.54. The third-order valence-electron chi connectivity index (χ3n) is 4.13. The Morgan fingerprint density at radius 2 is 1.86 bits per heavy atom. The molecule has 1 aromatic rings. The van der Waals surface area contributed by atoms with Crippen LogP contribution in [0.25, 0.3) is 0 Å². The highest BCUT2D eigenvalue weighted by atomic mass is 16.5. The lowest BCUT2D eigenvalue weighted by Gasteiger charge is -2.29. The van der Waals surface area contributed by atoms with Gasteiger partial charge in [-0.15, -0.1) is 0 Å². The molecule has 0 unspecified atom stereocenters. The summed E-state index contributed by atoms with van der Waals surface area (Å²) in [5.41, 5.74) is 3.48. The van der Waals surface area contributed by atoms with Crippen molar-refractivity contribution in [2.45, 2.75) is 33.1 Å². The van der Waals surface area contributed by atoms with Crippen molar-refractivity contribution >= 4 is 5.97 Å². The lowest BCUT2D eigenvalue weighted by molar-refractivity contribution is -0.138. The smallest absolute Gasteiger partial charge is 0.333 e. The van der Waals surface area contributed by atoms with E-state index in [1.807, 2.05) is 13.8 Å². The predicted octanol–water partition coefficient (Wildman–Crippen LogP) is 3.20. The van der Waals surface area contributed by atoms with Gasteiger partial charge >= 0.3 is 5.97 Å². The van der Waals surface area contributed by atoms with Crippen LogP contribution in [0.15, 0.2) is 41.5 Å². The number of piperidine rings is 1. The monoisotopic (exact) mass is 287 g/mol. The van der Waals surface area contributed by atoms with Gasteiger partial charge in [-0.25, -0.2) is 4.79 Å². The zero-order chi connectivity index (χ0) is 15.1. The molecule has 1 aliphatic rings. The van der Waals surface area contributed by atoms with Crippen LogP contribution in [0.2, 0.25) is 0 Å². The van der Waals surface area contributed by atoms with Crippen LogP contribution in [0, 0.1) is 0 Å². The Morgan fingerprint density at radius 3 is 2.48 bits per heavy atom. The molecule has 1 aromatic carbocycles. The topological polar surface area (TPSA) is 29.5 Å². The number of esters is 1. The van der Waals surface area contributed by atoms with Gasteiger partial charge < -0.3 is 9.64 Å². The van der Waals surface area contributed by atoms with Gasteiger partial charge in [0, 0.05) is 25.2 Å². The summed E-state index contributed by atoms with van der Waals surface area (Å²) in [6.07, 6.45) is 3.07. The summed E-state index contributed by atoms with van der Waals surface area (Å²) < 4.78 is 5.08. The first-order chi connectivity index (χ1) is 10.2. The molecule has 1 aliphatic heterocycles. The number of benzene rings is 1. The maximum atomic E-state index is 11.7. The molecule has 0 atom stereocenters. The van der Waals surface area contributed by atoms with Gasteiger partial charge in [-0.2, -0.15) is 0 Å². The second-order valence-corrected chi connectivity index (χ2v) is 5.53. The molecule has 0 aromatic heterocycles. The van der Waals surface area contributed by atoms with Crippen molar-refractivity contribution in [2.24, 2.45) is 0 Å². The molecule has 0 saturated carbocycles. The van der Waals surface area contributed by atoms with Crippen molar-refractivity contribution in [3.05, 3.63) is 47.0 Å². The molecule has 1 heterocycles.